The monoisotopic (exact) mass is 413 g/mol. The minimum absolute atomic E-state index is 0.153. The fourth-order valence-electron chi connectivity index (χ4n) is 3.50. The molecule has 2 rings (SSSR count). The number of rotatable bonds is 6. The topological polar surface area (TPSA) is 38.8 Å². The molecule has 146 valence electrons. The van der Waals surface area contributed by atoms with Gasteiger partial charge in [-0.25, -0.2) is 4.39 Å². The van der Waals surface area contributed by atoms with E-state index in [1.54, 1.807) is 11.0 Å². The van der Waals surface area contributed by atoms with Crippen molar-refractivity contribution in [2.24, 2.45) is 0 Å². The predicted octanol–water partition coefficient (Wildman–Crippen LogP) is 4.04. The van der Waals surface area contributed by atoms with Gasteiger partial charge in [-0.05, 0) is 64.7 Å². The van der Waals surface area contributed by atoms with Crippen molar-refractivity contribution in [2.75, 3.05) is 13.1 Å². The van der Waals surface area contributed by atoms with Crippen LogP contribution in [-0.4, -0.2) is 49.1 Å². The van der Waals surface area contributed by atoms with E-state index in [4.69, 9.17) is 8.23 Å². The summed E-state index contributed by atoms with van der Waals surface area (Å²) in [6.07, 6.45) is 1.95. The summed E-state index contributed by atoms with van der Waals surface area (Å²) in [5.74, 6) is -0.704. The molecule has 0 spiro atoms. The molecule has 1 aromatic carbocycles. The van der Waals surface area contributed by atoms with Crippen molar-refractivity contribution >= 4 is 36.3 Å². The van der Waals surface area contributed by atoms with Crippen LogP contribution < -0.4 is 5.19 Å². The van der Waals surface area contributed by atoms with Gasteiger partial charge in [-0.1, -0.05) is 12.1 Å². The summed E-state index contributed by atoms with van der Waals surface area (Å²) in [6, 6.07) is 4.86. The van der Waals surface area contributed by atoms with Gasteiger partial charge in [-0.2, -0.15) is 0 Å². The van der Waals surface area contributed by atoms with Crippen molar-refractivity contribution in [1.82, 2.24) is 4.90 Å². The number of benzene rings is 1. The van der Waals surface area contributed by atoms with Gasteiger partial charge in [0.25, 0.3) is 5.91 Å². The Morgan fingerprint density at radius 3 is 1.92 bits per heavy atom. The number of nitrogens with zero attached hydrogens (tertiary/aromatic N) is 1. The van der Waals surface area contributed by atoms with Gasteiger partial charge in [-0.15, -0.1) is 0 Å². The van der Waals surface area contributed by atoms with E-state index in [1.807, 2.05) is 12.6 Å². The van der Waals surface area contributed by atoms with Gasteiger partial charge < -0.3 is 13.1 Å². The van der Waals surface area contributed by atoms with Gasteiger partial charge in [0, 0.05) is 18.3 Å². The number of hydrogen-bond donors (Lipinski definition) is 0. The minimum atomic E-state index is -2.95. The number of carbonyl (C=O) groups is 1. The van der Waals surface area contributed by atoms with Crippen LogP contribution in [0, 0.1) is 5.82 Å². The number of hydrogen-bond acceptors (Lipinski definition) is 3. The Kier molecular flexibility index (Phi) is 6.34. The van der Waals surface area contributed by atoms with Crippen LogP contribution in [0.4, 0.5) is 4.39 Å². The SMILES string of the molecule is C[Si](C)(C)O[Si](C)(O[Si](C)(C)C)c1cccc(F)c1C(=O)N1CCCC1. The lowest BCUT2D eigenvalue weighted by molar-refractivity contribution is 0.0789. The molecule has 1 aliphatic rings. The standard InChI is InChI=1S/C18H32FNO3Si3/c1-24(2,3)22-26(7,23-25(4,5)6)16-12-10-11-15(19)17(16)18(21)20-13-8-9-14-20/h10-12H,8-9,13-14H2,1-7H3. The molecule has 1 aliphatic heterocycles. The van der Waals surface area contributed by atoms with Crippen molar-refractivity contribution < 1.29 is 17.4 Å². The van der Waals surface area contributed by atoms with E-state index in [9.17, 15) is 9.18 Å². The number of likely N-dealkylation sites (tertiary alicyclic amines) is 1. The fourth-order valence-corrected chi connectivity index (χ4v) is 15.3. The lowest BCUT2D eigenvalue weighted by Crippen LogP contribution is -2.62. The van der Waals surface area contributed by atoms with Gasteiger partial charge in [0.05, 0.1) is 5.56 Å². The maximum absolute atomic E-state index is 14.8. The third kappa shape index (κ3) is 5.35. The zero-order valence-corrected chi connectivity index (χ0v) is 20.1. The van der Waals surface area contributed by atoms with E-state index in [1.165, 1.54) is 6.07 Å². The highest BCUT2D eigenvalue weighted by Gasteiger charge is 2.45. The Labute approximate surface area is 160 Å². The van der Waals surface area contributed by atoms with Crippen LogP contribution in [0.1, 0.15) is 23.2 Å². The smallest absolute Gasteiger partial charge is 0.349 e. The Balaban J connectivity index is 2.57. The molecule has 1 aromatic rings. The molecule has 1 saturated heterocycles. The number of halogens is 1. The van der Waals surface area contributed by atoms with E-state index < -0.39 is 31.0 Å². The largest absolute Gasteiger partial charge is 0.433 e. The molecule has 0 radical (unpaired) electrons. The average molecular weight is 414 g/mol. The summed E-state index contributed by atoms with van der Waals surface area (Å²) in [5, 5.41) is 0.638. The van der Waals surface area contributed by atoms with E-state index in [2.05, 4.69) is 39.3 Å². The van der Waals surface area contributed by atoms with E-state index in [0.717, 1.165) is 12.8 Å². The molecule has 1 heterocycles. The maximum atomic E-state index is 14.8. The van der Waals surface area contributed by atoms with Crippen LogP contribution in [0.5, 0.6) is 0 Å². The van der Waals surface area contributed by atoms with Crippen molar-refractivity contribution in [1.29, 1.82) is 0 Å². The van der Waals surface area contributed by atoms with E-state index in [-0.39, 0.29) is 11.5 Å². The molecule has 0 unspecified atom stereocenters. The molecule has 1 fully saturated rings. The molecule has 8 heteroatoms. The molecule has 0 saturated carbocycles. The summed E-state index contributed by atoms with van der Waals surface area (Å²) >= 11 is 0. The quantitative estimate of drug-likeness (QED) is 0.661. The first-order chi connectivity index (χ1) is 11.8. The van der Waals surface area contributed by atoms with Crippen LogP contribution in [0.2, 0.25) is 45.8 Å². The summed E-state index contributed by atoms with van der Waals surface area (Å²) < 4.78 is 27.9. The predicted molar refractivity (Wildman–Crippen MR) is 112 cm³/mol. The Hall–Kier alpha value is -0.809. The second kappa shape index (κ2) is 7.67. The van der Waals surface area contributed by atoms with Gasteiger partial charge in [0.2, 0.25) is 0 Å². The molecule has 26 heavy (non-hydrogen) atoms. The van der Waals surface area contributed by atoms with Gasteiger partial charge in [0.1, 0.15) is 5.82 Å². The summed E-state index contributed by atoms with van der Waals surface area (Å²) in [6.45, 7) is 16.0. The van der Waals surface area contributed by atoms with Crippen LogP contribution in [-0.2, 0) is 8.23 Å². The Morgan fingerprint density at radius 1 is 0.962 bits per heavy atom. The zero-order valence-electron chi connectivity index (χ0n) is 17.1. The average Bonchev–Trinajstić information content (AvgIpc) is 2.96. The van der Waals surface area contributed by atoms with Gasteiger partial charge in [0.15, 0.2) is 16.6 Å². The summed E-state index contributed by atoms with van der Waals surface area (Å²) in [5.41, 5.74) is 0.153. The molecule has 1 amide bonds. The van der Waals surface area contributed by atoms with Crippen molar-refractivity contribution in [2.45, 2.75) is 58.7 Å². The normalized spacial score (nSPS) is 16.2. The fraction of sp³-hybridized carbons (Fsp3) is 0.611. The summed E-state index contributed by atoms with van der Waals surface area (Å²) in [4.78, 5) is 14.8. The molecular formula is C18H32FNO3Si3. The Morgan fingerprint density at radius 2 is 1.46 bits per heavy atom. The highest BCUT2D eigenvalue weighted by molar-refractivity contribution is 6.94. The first-order valence-electron chi connectivity index (χ1n) is 9.31. The molecule has 0 atom stereocenters. The first kappa shape index (κ1) is 21.5. The number of amides is 1. The third-order valence-corrected chi connectivity index (χ3v) is 13.5. The lowest BCUT2D eigenvalue weighted by atomic mass is 10.2. The zero-order chi connectivity index (χ0) is 19.8. The second-order valence-electron chi connectivity index (χ2n) is 9.04. The molecule has 0 bridgehead atoms. The van der Waals surface area contributed by atoms with Crippen LogP contribution >= 0.6 is 0 Å². The van der Waals surface area contributed by atoms with Crippen molar-refractivity contribution in [3.05, 3.63) is 29.6 Å². The highest BCUT2D eigenvalue weighted by atomic mass is 28.5. The molecule has 0 aromatic heterocycles. The third-order valence-electron chi connectivity index (χ3n) is 4.11. The maximum Gasteiger partial charge on any atom is 0.349 e. The van der Waals surface area contributed by atoms with Crippen molar-refractivity contribution in [3.8, 4) is 0 Å². The number of carbonyl (C=O) groups excluding carboxylic acids is 1. The van der Waals surface area contributed by atoms with Gasteiger partial charge in [-0.3, -0.25) is 4.79 Å². The Bertz CT molecular complexity index is 649. The minimum Gasteiger partial charge on any atom is -0.433 e. The van der Waals surface area contributed by atoms with Crippen LogP contribution in [0.15, 0.2) is 18.2 Å². The molecule has 4 nitrogen and oxygen atoms in total. The van der Waals surface area contributed by atoms with Crippen LogP contribution in [0.3, 0.4) is 0 Å². The first-order valence-corrected chi connectivity index (χ1v) is 18.4. The van der Waals surface area contributed by atoms with Crippen LogP contribution in [0.25, 0.3) is 0 Å². The molecule has 0 aliphatic carbocycles. The van der Waals surface area contributed by atoms with E-state index in [0.29, 0.717) is 18.3 Å². The summed E-state index contributed by atoms with van der Waals surface area (Å²) in [7, 11) is -6.89. The second-order valence-corrected chi connectivity index (χ2v) is 21.5. The van der Waals surface area contributed by atoms with E-state index >= 15 is 0 Å². The van der Waals surface area contributed by atoms with Crippen molar-refractivity contribution in [3.63, 3.8) is 0 Å². The molecular weight excluding hydrogens is 381 g/mol. The molecule has 0 N–H and O–H groups in total. The highest BCUT2D eigenvalue weighted by Crippen LogP contribution is 2.24. The van der Waals surface area contributed by atoms with Gasteiger partial charge >= 0.3 is 8.56 Å². The lowest BCUT2D eigenvalue weighted by Gasteiger charge is -2.39.